The standard InChI is InChI=1S/C25H20Cl2N2O4/c1-32-25(31)21(29-24(30)23-19(26)6-4-7-20(23)27)15-16-9-11-17(12-10-16)18-5-2-3-8-22(18)33-14-13-28/h2-12,21H,14-15H2,1H3,(H,29,30)/t21-/m0/s1. The molecule has 0 saturated heterocycles. The smallest absolute Gasteiger partial charge is 0.328 e. The largest absolute Gasteiger partial charge is 0.478 e. The fourth-order valence-corrected chi connectivity index (χ4v) is 3.85. The third kappa shape index (κ3) is 6.04. The summed E-state index contributed by atoms with van der Waals surface area (Å²) >= 11 is 12.2. The molecule has 0 spiro atoms. The molecule has 3 rings (SSSR count). The number of hydrogen-bond acceptors (Lipinski definition) is 5. The number of amides is 1. The van der Waals surface area contributed by atoms with E-state index in [0.717, 1.165) is 16.7 Å². The summed E-state index contributed by atoms with van der Waals surface area (Å²) in [6.45, 7) is -0.0505. The van der Waals surface area contributed by atoms with Gasteiger partial charge in [0.15, 0.2) is 6.61 Å². The van der Waals surface area contributed by atoms with Crippen LogP contribution < -0.4 is 10.1 Å². The van der Waals surface area contributed by atoms with Crippen molar-refractivity contribution in [3.8, 4) is 22.9 Å². The zero-order chi connectivity index (χ0) is 23.8. The number of esters is 1. The van der Waals surface area contributed by atoms with E-state index in [2.05, 4.69) is 5.32 Å². The molecule has 1 N–H and O–H groups in total. The first-order valence-corrected chi connectivity index (χ1v) is 10.7. The van der Waals surface area contributed by atoms with Crippen LogP contribution in [-0.2, 0) is 16.0 Å². The van der Waals surface area contributed by atoms with E-state index in [1.54, 1.807) is 24.3 Å². The van der Waals surface area contributed by atoms with Crippen LogP contribution in [0, 0.1) is 11.3 Å². The Morgan fingerprint density at radius 2 is 1.67 bits per heavy atom. The number of methoxy groups -OCH3 is 1. The number of hydrogen-bond donors (Lipinski definition) is 1. The van der Waals surface area contributed by atoms with Crippen LogP contribution in [0.25, 0.3) is 11.1 Å². The fraction of sp³-hybridized carbons (Fsp3) is 0.160. The molecule has 0 radical (unpaired) electrons. The summed E-state index contributed by atoms with van der Waals surface area (Å²) in [5.74, 6) is -0.560. The third-order valence-electron chi connectivity index (χ3n) is 4.86. The van der Waals surface area contributed by atoms with Crippen molar-refractivity contribution in [2.75, 3.05) is 13.7 Å². The maximum absolute atomic E-state index is 12.7. The summed E-state index contributed by atoms with van der Waals surface area (Å²) < 4.78 is 10.4. The van der Waals surface area contributed by atoms with E-state index in [1.165, 1.54) is 7.11 Å². The Morgan fingerprint density at radius 3 is 2.30 bits per heavy atom. The van der Waals surface area contributed by atoms with Gasteiger partial charge in [-0.1, -0.05) is 71.7 Å². The molecule has 0 bridgehead atoms. The molecule has 6 nitrogen and oxygen atoms in total. The van der Waals surface area contributed by atoms with Crippen molar-refractivity contribution in [2.45, 2.75) is 12.5 Å². The SMILES string of the molecule is COC(=O)[C@H](Cc1ccc(-c2ccccc2OCC#N)cc1)NC(=O)c1c(Cl)cccc1Cl. The molecule has 0 aromatic heterocycles. The van der Waals surface area contributed by atoms with E-state index in [4.69, 9.17) is 37.9 Å². The first-order chi connectivity index (χ1) is 15.9. The van der Waals surface area contributed by atoms with Gasteiger partial charge in [-0.2, -0.15) is 5.26 Å². The van der Waals surface area contributed by atoms with Crippen LogP contribution in [0.2, 0.25) is 10.0 Å². The van der Waals surface area contributed by atoms with Crippen LogP contribution in [0.1, 0.15) is 15.9 Å². The predicted octanol–water partition coefficient (Wildman–Crippen LogP) is 5.08. The Balaban J connectivity index is 1.79. The number of nitrogens with one attached hydrogen (secondary N) is 1. The molecule has 1 amide bonds. The Hall–Kier alpha value is -3.53. The van der Waals surface area contributed by atoms with Crippen LogP contribution in [0.4, 0.5) is 0 Å². The third-order valence-corrected chi connectivity index (χ3v) is 5.49. The molecule has 1 atom stereocenters. The molecule has 0 aliphatic heterocycles. The molecule has 0 aliphatic rings. The van der Waals surface area contributed by atoms with E-state index in [9.17, 15) is 9.59 Å². The Morgan fingerprint density at radius 1 is 1.00 bits per heavy atom. The Labute approximate surface area is 201 Å². The Kier molecular flexibility index (Phi) is 8.31. The van der Waals surface area contributed by atoms with Gasteiger partial charge < -0.3 is 14.8 Å². The number of nitrogens with zero attached hydrogens (tertiary/aromatic N) is 1. The number of carbonyl (C=O) groups is 2. The zero-order valence-corrected chi connectivity index (χ0v) is 19.2. The van der Waals surface area contributed by atoms with Crippen molar-refractivity contribution in [1.82, 2.24) is 5.32 Å². The molecule has 0 unspecified atom stereocenters. The zero-order valence-electron chi connectivity index (χ0n) is 17.7. The molecule has 3 aromatic carbocycles. The minimum atomic E-state index is -0.938. The summed E-state index contributed by atoms with van der Waals surface area (Å²) in [6, 6.07) is 20.6. The highest BCUT2D eigenvalue weighted by Crippen LogP contribution is 2.30. The lowest BCUT2D eigenvalue weighted by Crippen LogP contribution is -2.43. The number of para-hydroxylation sites is 1. The average molecular weight is 483 g/mol. The van der Waals surface area contributed by atoms with E-state index < -0.39 is 17.9 Å². The fourth-order valence-electron chi connectivity index (χ4n) is 3.28. The summed E-state index contributed by atoms with van der Waals surface area (Å²) in [7, 11) is 1.26. The number of nitriles is 1. The average Bonchev–Trinajstić information content (AvgIpc) is 2.82. The van der Waals surface area contributed by atoms with Crippen LogP contribution in [0.15, 0.2) is 66.7 Å². The van der Waals surface area contributed by atoms with Gasteiger partial charge in [0.2, 0.25) is 0 Å². The van der Waals surface area contributed by atoms with Gasteiger partial charge in [0.1, 0.15) is 17.9 Å². The van der Waals surface area contributed by atoms with Crippen LogP contribution >= 0.6 is 23.2 Å². The minimum absolute atomic E-state index is 0.0505. The van der Waals surface area contributed by atoms with Gasteiger partial charge >= 0.3 is 5.97 Å². The quantitative estimate of drug-likeness (QED) is 0.452. The second kappa shape index (κ2) is 11.4. The Bertz CT molecular complexity index is 1170. The first kappa shape index (κ1) is 24.1. The molecule has 168 valence electrons. The van der Waals surface area contributed by atoms with Crippen molar-refractivity contribution < 1.29 is 19.1 Å². The number of carbonyl (C=O) groups excluding carboxylic acids is 2. The second-order valence-electron chi connectivity index (χ2n) is 6.99. The first-order valence-electron chi connectivity index (χ1n) is 9.95. The maximum atomic E-state index is 12.7. The van der Waals surface area contributed by atoms with Crippen molar-refractivity contribution in [3.63, 3.8) is 0 Å². The summed E-state index contributed by atoms with van der Waals surface area (Å²) in [6.07, 6.45) is 0.202. The molecule has 8 heteroatoms. The van der Waals surface area contributed by atoms with E-state index in [-0.39, 0.29) is 28.6 Å². The van der Waals surface area contributed by atoms with Gasteiger partial charge in [-0.05, 0) is 29.3 Å². The summed E-state index contributed by atoms with van der Waals surface area (Å²) in [5, 5.41) is 11.8. The van der Waals surface area contributed by atoms with Gasteiger partial charge in [0.25, 0.3) is 5.91 Å². The normalized spacial score (nSPS) is 11.2. The van der Waals surface area contributed by atoms with Crippen LogP contribution in [0.5, 0.6) is 5.75 Å². The maximum Gasteiger partial charge on any atom is 0.328 e. The van der Waals surface area contributed by atoms with Gasteiger partial charge in [-0.15, -0.1) is 0 Å². The van der Waals surface area contributed by atoms with E-state index in [1.807, 2.05) is 48.5 Å². The monoisotopic (exact) mass is 482 g/mol. The molecule has 3 aromatic rings. The lowest BCUT2D eigenvalue weighted by atomic mass is 9.99. The van der Waals surface area contributed by atoms with E-state index in [0.29, 0.717) is 5.75 Å². The molecule has 0 fully saturated rings. The minimum Gasteiger partial charge on any atom is -0.478 e. The molecule has 0 aliphatic carbocycles. The van der Waals surface area contributed by atoms with Gasteiger partial charge in [-0.25, -0.2) is 4.79 Å². The molecule has 33 heavy (non-hydrogen) atoms. The van der Waals surface area contributed by atoms with Gasteiger partial charge in [0.05, 0.1) is 22.7 Å². The molecule has 0 heterocycles. The lowest BCUT2D eigenvalue weighted by molar-refractivity contribution is -0.142. The van der Waals surface area contributed by atoms with Crippen molar-refractivity contribution in [2.24, 2.45) is 0 Å². The highest BCUT2D eigenvalue weighted by Gasteiger charge is 2.25. The van der Waals surface area contributed by atoms with Crippen LogP contribution in [-0.4, -0.2) is 31.6 Å². The van der Waals surface area contributed by atoms with Crippen molar-refractivity contribution in [1.29, 1.82) is 5.26 Å². The van der Waals surface area contributed by atoms with Crippen molar-refractivity contribution >= 4 is 35.1 Å². The highest BCUT2D eigenvalue weighted by atomic mass is 35.5. The number of ether oxygens (including phenoxy) is 2. The summed E-state index contributed by atoms with van der Waals surface area (Å²) in [4.78, 5) is 25.1. The predicted molar refractivity (Wildman–Crippen MR) is 126 cm³/mol. The number of benzene rings is 3. The van der Waals surface area contributed by atoms with Gasteiger partial charge in [0, 0.05) is 12.0 Å². The lowest BCUT2D eigenvalue weighted by Gasteiger charge is -2.18. The summed E-state index contributed by atoms with van der Waals surface area (Å²) in [5.41, 5.74) is 2.62. The van der Waals surface area contributed by atoms with Gasteiger partial charge in [-0.3, -0.25) is 4.79 Å². The molecular formula is C25H20Cl2N2O4. The highest BCUT2D eigenvalue weighted by molar-refractivity contribution is 6.39. The second-order valence-corrected chi connectivity index (χ2v) is 7.80. The molecule has 0 saturated carbocycles. The number of halogens is 2. The van der Waals surface area contributed by atoms with Crippen LogP contribution in [0.3, 0.4) is 0 Å². The topological polar surface area (TPSA) is 88.4 Å². The molecular weight excluding hydrogens is 463 g/mol. The number of rotatable bonds is 8. The van der Waals surface area contributed by atoms with E-state index >= 15 is 0 Å². The van der Waals surface area contributed by atoms with Crippen molar-refractivity contribution in [3.05, 3.63) is 87.9 Å².